The molecular weight excluding hydrogens is 256 g/mol. The smallest absolute Gasteiger partial charge is 0.255 e. The highest BCUT2D eigenvalue weighted by Gasteiger charge is 2.16. The molecule has 0 fully saturated rings. The predicted molar refractivity (Wildman–Crippen MR) is 76.5 cm³/mol. The molecule has 0 radical (unpaired) electrons. The highest BCUT2D eigenvalue weighted by molar-refractivity contribution is 5.97. The molecule has 1 amide bonds. The van der Waals surface area contributed by atoms with E-state index in [1.54, 1.807) is 12.1 Å². The number of anilines is 1. The number of hydrogen-bond acceptors (Lipinski definition) is 4. The van der Waals surface area contributed by atoms with Gasteiger partial charge in [-0.15, -0.1) is 0 Å². The largest absolute Gasteiger partial charge is 0.504 e. The molecule has 0 bridgehead atoms. The molecule has 0 heterocycles. The lowest BCUT2D eigenvalue weighted by molar-refractivity contribution is 0.0936. The van der Waals surface area contributed by atoms with Gasteiger partial charge in [-0.05, 0) is 36.8 Å². The van der Waals surface area contributed by atoms with Crippen LogP contribution in [0, 0.1) is 0 Å². The Morgan fingerprint density at radius 2 is 1.80 bits per heavy atom. The summed E-state index contributed by atoms with van der Waals surface area (Å²) in [7, 11) is 0. The van der Waals surface area contributed by atoms with E-state index in [0.717, 1.165) is 5.56 Å². The number of nitrogens with two attached hydrogens (primary N) is 1. The Hall–Kier alpha value is -2.69. The predicted octanol–water partition coefficient (Wildman–Crippen LogP) is 2.17. The second kappa shape index (κ2) is 5.52. The van der Waals surface area contributed by atoms with Gasteiger partial charge in [0.25, 0.3) is 5.91 Å². The van der Waals surface area contributed by atoms with Crippen molar-refractivity contribution in [2.24, 2.45) is 0 Å². The van der Waals surface area contributed by atoms with Crippen molar-refractivity contribution in [3.05, 3.63) is 53.6 Å². The standard InChI is InChI=1S/C15H16N2O3/c1-9(10-5-7-11(16)8-6-10)17-15(20)12-3-2-4-13(18)14(12)19/h2-9,18-19H,16H2,1H3,(H,17,20). The lowest BCUT2D eigenvalue weighted by Gasteiger charge is -2.15. The number of carbonyl (C=O) groups is 1. The fourth-order valence-electron chi connectivity index (χ4n) is 1.86. The Morgan fingerprint density at radius 1 is 1.15 bits per heavy atom. The minimum Gasteiger partial charge on any atom is -0.504 e. The average Bonchev–Trinajstić information content (AvgIpc) is 2.42. The third kappa shape index (κ3) is 2.83. The Bertz CT molecular complexity index is 624. The summed E-state index contributed by atoms with van der Waals surface area (Å²) in [6, 6.07) is 11.2. The molecule has 104 valence electrons. The lowest BCUT2D eigenvalue weighted by Crippen LogP contribution is -2.26. The average molecular weight is 272 g/mol. The zero-order valence-corrected chi connectivity index (χ0v) is 11.0. The van der Waals surface area contributed by atoms with Crippen LogP contribution in [0.5, 0.6) is 11.5 Å². The number of hydrogen-bond donors (Lipinski definition) is 4. The summed E-state index contributed by atoms with van der Waals surface area (Å²) in [4.78, 5) is 12.1. The summed E-state index contributed by atoms with van der Waals surface area (Å²) in [5.41, 5.74) is 7.19. The van der Waals surface area contributed by atoms with E-state index in [0.29, 0.717) is 5.69 Å². The summed E-state index contributed by atoms with van der Waals surface area (Å²) in [6.45, 7) is 1.82. The summed E-state index contributed by atoms with van der Waals surface area (Å²) < 4.78 is 0. The number of amides is 1. The van der Waals surface area contributed by atoms with E-state index in [9.17, 15) is 15.0 Å². The van der Waals surface area contributed by atoms with Crippen molar-refractivity contribution in [3.63, 3.8) is 0 Å². The molecule has 1 atom stereocenters. The van der Waals surface area contributed by atoms with Gasteiger partial charge in [0.05, 0.1) is 11.6 Å². The first-order chi connectivity index (χ1) is 9.49. The zero-order chi connectivity index (χ0) is 14.7. The summed E-state index contributed by atoms with van der Waals surface area (Å²) in [5, 5.41) is 21.8. The fourth-order valence-corrected chi connectivity index (χ4v) is 1.86. The van der Waals surface area contributed by atoms with Gasteiger partial charge in [0, 0.05) is 5.69 Å². The molecule has 20 heavy (non-hydrogen) atoms. The third-order valence-corrected chi connectivity index (χ3v) is 3.04. The van der Waals surface area contributed by atoms with E-state index in [2.05, 4.69) is 5.32 Å². The summed E-state index contributed by atoms with van der Waals surface area (Å²) in [5.74, 6) is -1.20. The summed E-state index contributed by atoms with van der Waals surface area (Å²) >= 11 is 0. The lowest BCUT2D eigenvalue weighted by atomic mass is 10.1. The number of aromatic hydroxyl groups is 2. The Kier molecular flexibility index (Phi) is 3.79. The van der Waals surface area contributed by atoms with Crippen molar-refractivity contribution in [2.75, 3.05) is 5.73 Å². The monoisotopic (exact) mass is 272 g/mol. The minimum absolute atomic E-state index is 0.0345. The quantitative estimate of drug-likeness (QED) is 0.508. The SMILES string of the molecule is CC(NC(=O)c1cccc(O)c1O)c1ccc(N)cc1. The molecule has 2 rings (SSSR count). The number of phenols is 2. The maximum Gasteiger partial charge on any atom is 0.255 e. The zero-order valence-electron chi connectivity index (χ0n) is 11.0. The summed E-state index contributed by atoms with van der Waals surface area (Å²) in [6.07, 6.45) is 0. The molecule has 5 heteroatoms. The van der Waals surface area contributed by atoms with Gasteiger partial charge in [-0.25, -0.2) is 0 Å². The second-order valence-corrected chi connectivity index (χ2v) is 4.54. The Labute approximate surface area is 116 Å². The van der Waals surface area contributed by atoms with Crippen molar-refractivity contribution >= 4 is 11.6 Å². The van der Waals surface area contributed by atoms with Crippen LogP contribution >= 0.6 is 0 Å². The minimum atomic E-state index is -0.456. The molecule has 0 spiro atoms. The molecule has 2 aromatic rings. The van der Waals surface area contributed by atoms with Gasteiger partial charge in [0.1, 0.15) is 0 Å². The third-order valence-electron chi connectivity index (χ3n) is 3.04. The van der Waals surface area contributed by atoms with Crippen LogP contribution in [0.15, 0.2) is 42.5 Å². The molecule has 5 nitrogen and oxygen atoms in total. The van der Waals surface area contributed by atoms with E-state index < -0.39 is 11.7 Å². The fraction of sp³-hybridized carbons (Fsp3) is 0.133. The molecule has 2 aromatic carbocycles. The molecule has 0 aromatic heterocycles. The highest BCUT2D eigenvalue weighted by atomic mass is 16.3. The number of benzene rings is 2. The van der Waals surface area contributed by atoms with Gasteiger partial charge >= 0.3 is 0 Å². The molecule has 0 saturated carbocycles. The van der Waals surface area contributed by atoms with Gasteiger partial charge in [0.15, 0.2) is 11.5 Å². The molecule has 1 unspecified atom stereocenters. The van der Waals surface area contributed by atoms with Crippen LogP contribution in [-0.2, 0) is 0 Å². The number of rotatable bonds is 3. The Balaban J connectivity index is 2.15. The normalized spacial score (nSPS) is 11.8. The van der Waals surface area contributed by atoms with Crippen LogP contribution in [0.1, 0.15) is 28.9 Å². The van der Waals surface area contributed by atoms with E-state index in [1.165, 1.54) is 18.2 Å². The van der Waals surface area contributed by atoms with E-state index in [-0.39, 0.29) is 17.4 Å². The van der Waals surface area contributed by atoms with Crippen molar-refractivity contribution < 1.29 is 15.0 Å². The van der Waals surface area contributed by atoms with Crippen LogP contribution in [0.4, 0.5) is 5.69 Å². The maximum atomic E-state index is 12.1. The first kappa shape index (κ1) is 13.7. The van der Waals surface area contributed by atoms with Crippen molar-refractivity contribution in [1.29, 1.82) is 0 Å². The maximum absolute atomic E-state index is 12.1. The van der Waals surface area contributed by atoms with Gasteiger partial charge < -0.3 is 21.3 Å². The van der Waals surface area contributed by atoms with Gasteiger partial charge in [-0.3, -0.25) is 4.79 Å². The van der Waals surface area contributed by atoms with Crippen LogP contribution < -0.4 is 11.1 Å². The van der Waals surface area contributed by atoms with Crippen LogP contribution in [-0.4, -0.2) is 16.1 Å². The number of nitrogens with one attached hydrogen (secondary N) is 1. The van der Waals surface area contributed by atoms with E-state index >= 15 is 0 Å². The van der Waals surface area contributed by atoms with Crippen molar-refractivity contribution in [3.8, 4) is 11.5 Å². The van der Waals surface area contributed by atoms with E-state index in [4.69, 9.17) is 5.73 Å². The van der Waals surface area contributed by atoms with Crippen molar-refractivity contribution in [1.82, 2.24) is 5.32 Å². The Morgan fingerprint density at radius 3 is 2.45 bits per heavy atom. The molecule has 0 saturated heterocycles. The first-order valence-electron chi connectivity index (χ1n) is 6.16. The van der Waals surface area contributed by atoms with Crippen LogP contribution in [0.2, 0.25) is 0 Å². The van der Waals surface area contributed by atoms with Gasteiger partial charge in [-0.2, -0.15) is 0 Å². The number of phenolic OH excluding ortho intramolecular Hbond substituents is 2. The molecule has 0 aliphatic rings. The molecule has 0 aliphatic carbocycles. The number of nitrogen functional groups attached to an aromatic ring is 1. The highest BCUT2D eigenvalue weighted by Crippen LogP contribution is 2.28. The van der Waals surface area contributed by atoms with Gasteiger partial charge in [-0.1, -0.05) is 18.2 Å². The molecule has 0 aliphatic heterocycles. The molecule has 5 N–H and O–H groups in total. The van der Waals surface area contributed by atoms with Crippen LogP contribution in [0.25, 0.3) is 0 Å². The van der Waals surface area contributed by atoms with Gasteiger partial charge in [0.2, 0.25) is 0 Å². The van der Waals surface area contributed by atoms with E-state index in [1.807, 2.05) is 19.1 Å². The first-order valence-corrected chi connectivity index (χ1v) is 6.16. The number of para-hydroxylation sites is 1. The number of carbonyl (C=O) groups excluding carboxylic acids is 1. The van der Waals surface area contributed by atoms with Crippen molar-refractivity contribution in [2.45, 2.75) is 13.0 Å². The second-order valence-electron chi connectivity index (χ2n) is 4.54. The van der Waals surface area contributed by atoms with Crippen LogP contribution in [0.3, 0.4) is 0 Å². The molecular formula is C15H16N2O3. The topological polar surface area (TPSA) is 95.6 Å².